The lowest BCUT2D eigenvalue weighted by atomic mass is 10.1. The first-order chi connectivity index (χ1) is 17.2. The summed E-state index contributed by atoms with van der Waals surface area (Å²) in [6.07, 6.45) is -0.296. The van der Waals surface area contributed by atoms with E-state index in [0.29, 0.717) is 38.4 Å². The van der Waals surface area contributed by atoms with Crippen LogP contribution in [-0.4, -0.2) is 31.4 Å². The Hall–Kier alpha value is -2.59. The average Bonchev–Trinajstić information content (AvgIpc) is 3.43. The van der Waals surface area contributed by atoms with E-state index in [1.54, 1.807) is 18.2 Å². The first kappa shape index (κ1) is 26.5. The lowest BCUT2D eigenvalue weighted by molar-refractivity contribution is -0.113. The van der Waals surface area contributed by atoms with Crippen molar-refractivity contribution in [2.45, 2.75) is 45.5 Å². The zero-order chi connectivity index (χ0) is 25.8. The van der Waals surface area contributed by atoms with Crippen molar-refractivity contribution in [3.05, 3.63) is 68.8 Å². The zero-order valence-electron chi connectivity index (χ0n) is 20.2. The van der Waals surface area contributed by atoms with E-state index >= 15 is 0 Å². The number of thiazole rings is 1. The van der Waals surface area contributed by atoms with Gasteiger partial charge < -0.3 is 14.6 Å². The van der Waals surface area contributed by atoms with Gasteiger partial charge in [0.1, 0.15) is 5.75 Å². The number of hydrogen-bond acceptors (Lipinski definition) is 7. The van der Waals surface area contributed by atoms with Crippen LogP contribution in [-0.2, 0) is 11.3 Å². The molecule has 0 fully saturated rings. The van der Waals surface area contributed by atoms with Gasteiger partial charge in [-0.3, -0.25) is 4.79 Å². The number of anilines is 1. The molecule has 0 saturated heterocycles. The van der Waals surface area contributed by atoms with E-state index in [0.717, 1.165) is 22.4 Å². The lowest BCUT2D eigenvalue weighted by Gasteiger charge is -2.16. The van der Waals surface area contributed by atoms with Gasteiger partial charge in [0.25, 0.3) is 0 Å². The summed E-state index contributed by atoms with van der Waals surface area (Å²) in [5.74, 6) is 1.49. The summed E-state index contributed by atoms with van der Waals surface area (Å²) in [5.41, 5.74) is 3.71. The number of aromatic nitrogens is 4. The molecule has 0 bridgehead atoms. The highest BCUT2D eigenvalue weighted by Gasteiger charge is 2.20. The van der Waals surface area contributed by atoms with Crippen LogP contribution in [0.5, 0.6) is 5.75 Å². The van der Waals surface area contributed by atoms with Crippen LogP contribution in [0.15, 0.2) is 46.9 Å². The number of rotatable bonds is 9. The molecule has 0 aliphatic heterocycles. The third-order valence-corrected chi connectivity index (χ3v) is 7.50. The topological polar surface area (TPSA) is 81.9 Å². The smallest absolute Gasteiger partial charge is 0.236 e. The molecule has 2 aromatic carbocycles. The molecule has 0 saturated carbocycles. The summed E-state index contributed by atoms with van der Waals surface area (Å²) < 4.78 is 8.11. The predicted molar refractivity (Wildman–Crippen MR) is 148 cm³/mol. The number of thioether (sulfide) groups is 1. The number of nitrogens with zero attached hydrogens (tertiary/aromatic N) is 4. The number of carbonyl (C=O) groups is 1. The van der Waals surface area contributed by atoms with Crippen LogP contribution in [0.2, 0.25) is 10.0 Å². The second-order valence-corrected chi connectivity index (χ2v) is 10.8. The average molecular weight is 563 g/mol. The fraction of sp³-hybridized carbons (Fsp3) is 0.280. The highest BCUT2D eigenvalue weighted by Crippen LogP contribution is 2.32. The Balaban J connectivity index is 1.38. The van der Waals surface area contributed by atoms with Gasteiger partial charge >= 0.3 is 0 Å². The molecule has 4 aromatic rings. The molecule has 1 atom stereocenters. The van der Waals surface area contributed by atoms with Gasteiger partial charge in [-0.05, 0) is 69.2 Å². The van der Waals surface area contributed by atoms with Crippen molar-refractivity contribution < 1.29 is 9.53 Å². The molecule has 0 spiro atoms. The molecule has 36 heavy (non-hydrogen) atoms. The Morgan fingerprint density at radius 2 is 1.92 bits per heavy atom. The number of nitrogens with one attached hydrogen (secondary N) is 1. The van der Waals surface area contributed by atoms with E-state index in [1.807, 2.05) is 49.8 Å². The Morgan fingerprint density at radius 1 is 1.17 bits per heavy atom. The number of carbonyl (C=O) groups excluding carboxylic acids is 1. The minimum absolute atomic E-state index is 0.168. The number of ether oxygens (including phenoxy) is 1. The molecule has 11 heteroatoms. The maximum Gasteiger partial charge on any atom is 0.236 e. The van der Waals surface area contributed by atoms with Crippen LogP contribution in [0, 0.1) is 13.8 Å². The van der Waals surface area contributed by atoms with Crippen LogP contribution in [0.25, 0.3) is 11.3 Å². The monoisotopic (exact) mass is 561 g/mol. The van der Waals surface area contributed by atoms with Gasteiger partial charge in [0.15, 0.2) is 22.2 Å². The maximum absolute atomic E-state index is 12.6. The van der Waals surface area contributed by atoms with E-state index in [2.05, 4.69) is 26.6 Å². The first-order valence-corrected chi connectivity index (χ1v) is 13.9. The molecule has 0 aliphatic rings. The highest BCUT2D eigenvalue weighted by atomic mass is 35.5. The van der Waals surface area contributed by atoms with Crippen molar-refractivity contribution in [1.82, 2.24) is 19.7 Å². The third-order valence-electron chi connectivity index (χ3n) is 5.22. The van der Waals surface area contributed by atoms with Crippen LogP contribution in [0.1, 0.15) is 36.9 Å². The Labute approximate surface area is 228 Å². The quantitative estimate of drug-likeness (QED) is 0.217. The largest absolute Gasteiger partial charge is 0.483 e. The molecule has 2 aromatic heterocycles. The van der Waals surface area contributed by atoms with Crippen molar-refractivity contribution in [1.29, 1.82) is 0 Å². The molecule has 2 heterocycles. The number of aryl methyl sites for hydroxylation is 2. The van der Waals surface area contributed by atoms with Gasteiger partial charge in [-0.2, -0.15) is 0 Å². The fourth-order valence-electron chi connectivity index (χ4n) is 3.70. The number of benzene rings is 2. The fourth-order valence-corrected chi connectivity index (χ4v) is 5.74. The van der Waals surface area contributed by atoms with E-state index in [1.165, 1.54) is 23.1 Å². The Kier molecular flexibility index (Phi) is 8.56. The van der Waals surface area contributed by atoms with Gasteiger partial charge in [-0.1, -0.05) is 41.0 Å². The second kappa shape index (κ2) is 11.6. The van der Waals surface area contributed by atoms with Crippen molar-refractivity contribution in [2.24, 2.45) is 0 Å². The second-order valence-electron chi connectivity index (χ2n) is 8.17. The van der Waals surface area contributed by atoms with Gasteiger partial charge in [0.05, 0.1) is 16.5 Å². The molecule has 1 unspecified atom stereocenters. The molecule has 7 nitrogen and oxygen atoms in total. The van der Waals surface area contributed by atoms with Gasteiger partial charge in [-0.25, -0.2) is 4.98 Å². The molecular weight excluding hydrogens is 537 g/mol. The molecule has 4 rings (SSSR count). The third kappa shape index (κ3) is 6.39. The summed E-state index contributed by atoms with van der Waals surface area (Å²) in [4.78, 5) is 17.1. The van der Waals surface area contributed by atoms with E-state index in [-0.39, 0.29) is 17.8 Å². The summed E-state index contributed by atoms with van der Waals surface area (Å²) in [6, 6.07) is 11.3. The normalized spacial score (nSPS) is 11.9. The number of hydrogen-bond donors (Lipinski definition) is 1. The molecule has 188 valence electrons. The van der Waals surface area contributed by atoms with Crippen molar-refractivity contribution in [2.75, 3.05) is 11.1 Å². The number of halogens is 2. The predicted octanol–water partition coefficient (Wildman–Crippen LogP) is 7.22. The molecule has 1 N–H and O–H groups in total. The zero-order valence-corrected chi connectivity index (χ0v) is 23.4. The van der Waals surface area contributed by atoms with Gasteiger partial charge in [0, 0.05) is 22.5 Å². The molecule has 0 aliphatic carbocycles. The summed E-state index contributed by atoms with van der Waals surface area (Å²) in [5, 5.41) is 15.5. The van der Waals surface area contributed by atoms with Crippen LogP contribution >= 0.6 is 46.3 Å². The summed E-state index contributed by atoms with van der Waals surface area (Å²) in [6.45, 7) is 8.70. The standard InChI is InChI=1S/C25H25Cl2N5O2S2/c1-5-32-23(16(4)34-18-9-14(2)8-15(3)10-18)30-31-25(32)36-13-22(33)29-24-28-21(12-35-24)19-7-6-17(26)11-20(19)27/h6-12,16H,5,13H2,1-4H3,(H,28,29,33). The highest BCUT2D eigenvalue weighted by molar-refractivity contribution is 7.99. The maximum atomic E-state index is 12.6. The number of amides is 1. The molecular formula is C25H25Cl2N5O2S2. The Morgan fingerprint density at radius 3 is 2.61 bits per heavy atom. The van der Waals surface area contributed by atoms with E-state index in [4.69, 9.17) is 27.9 Å². The minimum Gasteiger partial charge on any atom is -0.483 e. The summed E-state index contributed by atoms with van der Waals surface area (Å²) >= 11 is 14.9. The summed E-state index contributed by atoms with van der Waals surface area (Å²) in [7, 11) is 0. The van der Waals surface area contributed by atoms with Crippen molar-refractivity contribution in [3.63, 3.8) is 0 Å². The SMILES string of the molecule is CCn1c(SCC(=O)Nc2nc(-c3ccc(Cl)cc3Cl)cs2)nnc1C(C)Oc1cc(C)cc(C)c1. The van der Waals surface area contributed by atoms with E-state index in [9.17, 15) is 4.79 Å². The first-order valence-electron chi connectivity index (χ1n) is 11.2. The van der Waals surface area contributed by atoms with Crippen LogP contribution in [0.4, 0.5) is 5.13 Å². The molecule has 1 amide bonds. The van der Waals surface area contributed by atoms with Crippen LogP contribution < -0.4 is 10.1 Å². The van der Waals surface area contributed by atoms with E-state index < -0.39 is 0 Å². The van der Waals surface area contributed by atoms with Crippen LogP contribution in [0.3, 0.4) is 0 Å². The lowest BCUT2D eigenvalue weighted by Crippen LogP contribution is -2.15. The van der Waals surface area contributed by atoms with Gasteiger partial charge in [0.2, 0.25) is 5.91 Å². The van der Waals surface area contributed by atoms with Crippen molar-refractivity contribution >= 4 is 57.3 Å². The Bertz CT molecular complexity index is 1370. The molecule has 0 radical (unpaired) electrons. The minimum atomic E-state index is -0.296. The van der Waals surface area contributed by atoms with Gasteiger partial charge in [-0.15, -0.1) is 21.5 Å². The van der Waals surface area contributed by atoms with Crippen molar-refractivity contribution in [3.8, 4) is 17.0 Å².